The van der Waals surface area contributed by atoms with Gasteiger partial charge in [-0.05, 0) is 59.8 Å². The zero-order valence-corrected chi connectivity index (χ0v) is 19.4. The lowest BCUT2D eigenvalue weighted by atomic mass is 10.0. The summed E-state index contributed by atoms with van der Waals surface area (Å²) in [4.78, 5) is 16.9. The number of carbonyl (C=O) groups excluding carboxylic acids is 1. The predicted molar refractivity (Wildman–Crippen MR) is 133 cm³/mol. The van der Waals surface area contributed by atoms with Crippen LogP contribution in [0.1, 0.15) is 22.9 Å². The van der Waals surface area contributed by atoms with Crippen LogP contribution in [0.3, 0.4) is 0 Å². The zero-order valence-electron chi connectivity index (χ0n) is 18.6. The number of methoxy groups -OCH3 is 1. The van der Waals surface area contributed by atoms with Gasteiger partial charge in [-0.2, -0.15) is 0 Å². The van der Waals surface area contributed by atoms with Gasteiger partial charge >= 0.3 is 6.03 Å². The molecule has 0 radical (unpaired) electrons. The molecule has 6 heteroatoms. The largest absolute Gasteiger partial charge is 0.495 e. The molecule has 0 bridgehead atoms. The number of urea groups is 1. The number of fused-ring (bicyclic) bond motifs is 3. The van der Waals surface area contributed by atoms with Crippen LogP contribution in [0.2, 0.25) is 0 Å². The Hall–Kier alpha value is -3.64. The van der Waals surface area contributed by atoms with Crippen molar-refractivity contribution in [1.82, 2.24) is 9.47 Å². The maximum atomic E-state index is 13.8. The van der Waals surface area contributed by atoms with Crippen LogP contribution in [-0.2, 0) is 6.54 Å². The third-order valence-electron chi connectivity index (χ3n) is 6.00. The van der Waals surface area contributed by atoms with Crippen molar-refractivity contribution in [2.45, 2.75) is 17.5 Å². The van der Waals surface area contributed by atoms with E-state index in [4.69, 9.17) is 4.74 Å². The molecule has 33 heavy (non-hydrogen) atoms. The van der Waals surface area contributed by atoms with Crippen LogP contribution in [0.25, 0.3) is 5.69 Å². The number of anilines is 1. The number of rotatable bonds is 4. The molecule has 0 saturated heterocycles. The van der Waals surface area contributed by atoms with E-state index in [0.29, 0.717) is 18.0 Å². The Kier molecular flexibility index (Phi) is 5.84. The van der Waals surface area contributed by atoms with Crippen LogP contribution < -0.4 is 10.1 Å². The van der Waals surface area contributed by atoms with E-state index in [1.807, 2.05) is 47.4 Å². The molecule has 1 N–H and O–H groups in total. The van der Waals surface area contributed by atoms with E-state index in [1.54, 1.807) is 18.9 Å². The summed E-state index contributed by atoms with van der Waals surface area (Å²) in [6, 6.07) is 27.9. The normalized spacial score (nSPS) is 14.7. The SMILES string of the molecule is COc1ccccc1NC(=O)N1Cc2ccccc2-n2cccc2[C@@H]1c1ccc(SC)cc1. The average molecular weight is 456 g/mol. The van der Waals surface area contributed by atoms with Crippen molar-refractivity contribution in [2.75, 3.05) is 18.7 Å². The minimum Gasteiger partial charge on any atom is -0.495 e. The summed E-state index contributed by atoms with van der Waals surface area (Å²) >= 11 is 1.71. The Morgan fingerprint density at radius 1 is 0.970 bits per heavy atom. The molecule has 2 heterocycles. The van der Waals surface area contributed by atoms with E-state index in [2.05, 4.69) is 64.8 Å². The van der Waals surface area contributed by atoms with Crippen molar-refractivity contribution < 1.29 is 9.53 Å². The Bertz CT molecular complexity index is 1280. The van der Waals surface area contributed by atoms with E-state index in [9.17, 15) is 4.79 Å². The monoisotopic (exact) mass is 455 g/mol. The van der Waals surface area contributed by atoms with Crippen molar-refractivity contribution in [3.63, 3.8) is 0 Å². The fourth-order valence-electron chi connectivity index (χ4n) is 4.41. The van der Waals surface area contributed by atoms with Gasteiger partial charge in [0.25, 0.3) is 0 Å². The van der Waals surface area contributed by atoms with Gasteiger partial charge in [0.1, 0.15) is 5.75 Å². The van der Waals surface area contributed by atoms with Crippen molar-refractivity contribution in [3.8, 4) is 11.4 Å². The maximum Gasteiger partial charge on any atom is 0.323 e. The van der Waals surface area contributed by atoms with Gasteiger partial charge in [-0.1, -0.05) is 42.5 Å². The van der Waals surface area contributed by atoms with Crippen molar-refractivity contribution in [2.24, 2.45) is 0 Å². The second kappa shape index (κ2) is 9.08. The zero-order chi connectivity index (χ0) is 22.8. The van der Waals surface area contributed by atoms with Gasteiger partial charge in [-0.15, -0.1) is 11.8 Å². The van der Waals surface area contributed by atoms with E-state index in [-0.39, 0.29) is 12.1 Å². The molecule has 5 nitrogen and oxygen atoms in total. The lowest BCUT2D eigenvalue weighted by Gasteiger charge is -2.31. The number of carbonyl (C=O) groups is 1. The van der Waals surface area contributed by atoms with E-state index in [0.717, 1.165) is 22.5 Å². The van der Waals surface area contributed by atoms with Crippen LogP contribution in [0.4, 0.5) is 10.5 Å². The number of ether oxygens (including phenoxy) is 1. The van der Waals surface area contributed by atoms with Gasteiger partial charge in [0.2, 0.25) is 0 Å². The Labute approximate surface area is 198 Å². The minimum atomic E-state index is -0.252. The van der Waals surface area contributed by atoms with Crippen LogP contribution in [0.15, 0.2) is 96.0 Å². The molecular weight excluding hydrogens is 430 g/mol. The lowest BCUT2D eigenvalue weighted by molar-refractivity contribution is 0.194. The molecule has 4 aromatic rings. The van der Waals surface area contributed by atoms with E-state index >= 15 is 0 Å². The fourth-order valence-corrected chi connectivity index (χ4v) is 4.82. The molecule has 1 aliphatic rings. The molecule has 2 amide bonds. The first-order valence-electron chi connectivity index (χ1n) is 10.8. The quantitative estimate of drug-likeness (QED) is 0.365. The highest BCUT2D eigenvalue weighted by Gasteiger charge is 2.33. The molecular formula is C27H25N3O2S. The van der Waals surface area contributed by atoms with Crippen LogP contribution >= 0.6 is 11.8 Å². The highest BCUT2D eigenvalue weighted by atomic mass is 32.2. The summed E-state index contributed by atoms with van der Waals surface area (Å²) in [7, 11) is 1.61. The molecule has 1 atom stereocenters. The first kappa shape index (κ1) is 21.2. The molecule has 0 saturated carbocycles. The van der Waals surface area contributed by atoms with Crippen LogP contribution in [-0.4, -0.2) is 28.9 Å². The van der Waals surface area contributed by atoms with Gasteiger partial charge in [-0.3, -0.25) is 0 Å². The Morgan fingerprint density at radius 3 is 2.52 bits per heavy atom. The Morgan fingerprint density at radius 2 is 1.73 bits per heavy atom. The van der Waals surface area contributed by atoms with Crippen LogP contribution in [0, 0.1) is 0 Å². The number of aromatic nitrogens is 1. The third kappa shape index (κ3) is 3.98. The summed E-state index contributed by atoms with van der Waals surface area (Å²) in [5.74, 6) is 0.630. The third-order valence-corrected chi connectivity index (χ3v) is 6.75. The second-order valence-corrected chi connectivity index (χ2v) is 8.75. The van der Waals surface area contributed by atoms with Gasteiger partial charge < -0.3 is 19.5 Å². The predicted octanol–water partition coefficient (Wildman–Crippen LogP) is 6.34. The van der Waals surface area contributed by atoms with Crippen LogP contribution in [0.5, 0.6) is 5.75 Å². The molecule has 0 aliphatic carbocycles. The number of hydrogen-bond donors (Lipinski definition) is 1. The molecule has 166 valence electrons. The average Bonchev–Trinajstić information content (AvgIpc) is 3.28. The molecule has 0 unspecified atom stereocenters. The van der Waals surface area contributed by atoms with E-state index in [1.165, 1.54) is 4.90 Å². The summed E-state index contributed by atoms with van der Waals surface area (Å²) in [5, 5.41) is 3.08. The molecule has 0 fully saturated rings. The van der Waals surface area contributed by atoms with Crippen molar-refractivity contribution in [3.05, 3.63) is 108 Å². The van der Waals surface area contributed by atoms with Gasteiger partial charge in [-0.25, -0.2) is 4.79 Å². The maximum absolute atomic E-state index is 13.8. The van der Waals surface area contributed by atoms with Crippen molar-refractivity contribution in [1.29, 1.82) is 0 Å². The number of nitrogens with zero attached hydrogens (tertiary/aromatic N) is 2. The number of amides is 2. The molecule has 0 spiro atoms. The first-order chi connectivity index (χ1) is 16.2. The molecule has 5 rings (SSSR count). The summed E-state index contributed by atoms with van der Waals surface area (Å²) in [6.07, 6.45) is 4.13. The van der Waals surface area contributed by atoms with E-state index < -0.39 is 0 Å². The summed E-state index contributed by atoms with van der Waals surface area (Å²) in [6.45, 7) is 0.480. The topological polar surface area (TPSA) is 46.5 Å². The van der Waals surface area contributed by atoms with Gasteiger partial charge in [0.05, 0.1) is 31.1 Å². The van der Waals surface area contributed by atoms with Gasteiger partial charge in [0.15, 0.2) is 0 Å². The number of benzene rings is 3. The molecule has 1 aromatic heterocycles. The number of nitrogens with one attached hydrogen (secondary N) is 1. The highest BCUT2D eigenvalue weighted by Crippen LogP contribution is 2.37. The molecule has 1 aliphatic heterocycles. The standard InChI is InChI=1S/C27H25N3O2S/c1-32-25-12-6-4-9-22(25)28-27(31)30-18-20-8-3-5-10-23(20)29-17-7-11-24(29)26(30)19-13-15-21(33-2)16-14-19/h3-17,26H,18H2,1-2H3,(H,28,31)/t26-/m0/s1. The molecule has 3 aromatic carbocycles. The first-order valence-corrected chi connectivity index (χ1v) is 12.0. The smallest absolute Gasteiger partial charge is 0.323 e. The second-order valence-electron chi connectivity index (χ2n) is 7.87. The minimum absolute atomic E-state index is 0.178. The Balaban J connectivity index is 1.62. The number of hydrogen-bond acceptors (Lipinski definition) is 3. The van der Waals surface area contributed by atoms with Crippen molar-refractivity contribution >= 4 is 23.5 Å². The fraction of sp³-hybridized carbons (Fsp3) is 0.148. The van der Waals surface area contributed by atoms with Gasteiger partial charge in [0, 0.05) is 16.8 Å². The lowest BCUT2D eigenvalue weighted by Crippen LogP contribution is -2.38. The number of thioether (sulfide) groups is 1. The highest BCUT2D eigenvalue weighted by molar-refractivity contribution is 7.98. The summed E-state index contributed by atoms with van der Waals surface area (Å²) in [5.41, 5.74) is 4.95. The summed E-state index contributed by atoms with van der Waals surface area (Å²) < 4.78 is 7.65. The number of para-hydroxylation sites is 3.